The second-order valence-corrected chi connectivity index (χ2v) is 5.64. The minimum absolute atomic E-state index is 0.215. The SMILES string of the molecule is CC(C)CONCc1cc(Br)c(O)c(Br)c1. The Labute approximate surface area is 112 Å². The van der Waals surface area contributed by atoms with Crippen molar-refractivity contribution in [2.75, 3.05) is 6.61 Å². The van der Waals surface area contributed by atoms with E-state index in [0.717, 1.165) is 5.56 Å². The summed E-state index contributed by atoms with van der Waals surface area (Å²) in [6, 6.07) is 3.71. The second kappa shape index (κ2) is 6.59. The van der Waals surface area contributed by atoms with Crippen LogP contribution in [-0.4, -0.2) is 11.7 Å². The van der Waals surface area contributed by atoms with Crippen LogP contribution in [0, 0.1) is 5.92 Å². The number of nitrogens with one attached hydrogen (secondary N) is 1. The highest BCUT2D eigenvalue weighted by Gasteiger charge is 2.05. The molecule has 0 heterocycles. The smallest absolute Gasteiger partial charge is 0.143 e. The van der Waals surface area contributed by atoms with Gasteiger partial charge in [0.2, 0.25) is 0 Å². The predicted molar refractivity (Wildman–Crippen MR) is 71.1 cm³/mol. The van der Waals surface area contributed by atoms with Gasteiger partial charge in [-0.15, -0.1) is 0 Å². The van der Waals surface area contributed by atoms with Gasteiger partial charge in [0.05, 0.1) is 15.6 Å². The van der Waals surface area contributed by atoms with Crippen LogP contribution >= 0.6 is 31.9 Å². The van der Waals surface area contributed by atoms with Crippen LogP contribution in [-0.2, 0) is 11.4 Å². The van der Waals surface area contributed by atoms with Gasteiger partial charge >= 0.3 is 0 Å². The van der Waals surface area contributed by atoms with Crippen LogP contribution in [0.25, 0.3) is 0 Å². The van der Waals surface area contributed by atoms with Gasteiger partial charge in [-0.2, -0.15) is 5.48 Å². The van der Waals surface area contributed by atoms with Crippen LogP contribution in [0.3, 0.4) is 0 Å². The zero-order chi connectivity index (χ0) is 12.1. The fourth-order valence-electron chi connectivity index (χ4n) is 1.08. The van der Waals surface area contributed by atoms with E-state index >= 15 is 0 Å². The average molecular weight is 353 g/mol. The summed E-state index contributed by atoms with van der Waals surface area (Å²) < 4.78 is 1.34. The zero-order valence-electron chi connectivity index (χ0n) is 9.26. The Morgan fingerprint density at radius 1 is 1.31 bits per heavy atom. The lowest BCUT2D eigenvalue weighted by molar-refractivity contribution is 0.0196. The summed E-state index contributed by atoms with van der Waals surface area (Å²) in [4.78, 5) is 5.27. The summed E-state index contributed by atoms with van der Waals surface area (Å²) in [6.45, 7) is 5.47. The molecule has 0 bridgehead atoms. The van der Waals surface area contributed by atoms with Crippen molar-refractivity contribution in [1.29, 1.82) is 0 Å². The molecule has 2 N–H and O–H groups in total. The molecule has 0 amide bonds. The number of phenols is 1. The molecule has 16 heavy (non-hydrogen) atoms. The first-order valence-corrected chi connectivity index (χ1v) is 6.61. The molecule has 0 aliphatic heterocycles. The molecule has 0 radical (unpaired) electrons. The van der Waals surface area contributed by atoms with Gasteiger partial charge in [0.25, 0.3) is 0 Å². The Bertz CT molecular complexity index is 333. The molecule has 0 spiro atoms. The van der Waals surface area contributed by atoms with Crippen molar-refractivity contribution in [2.24, 2.45) is 5.92 Å². The van der Waals surface area contributed by atoms with Gasteiger partial charge in [0.1, 0.15) is 5.75 Å². The van der Waals surface area contributed by atoms with E-state index in [1.165, 1.54) is 0 Å². The second-order valence-electron chi connectivity index (χ2n) is 3.93. The Morgan fingerprint density at radius 2 is 1.88 bits per heavy atom. The Kier molecular flexibility index (Phi) is 5.75. The summed E-state index contributed by atoms with van der Waals surface area (Å²) in [5, 5.41) is 9.53. The molecule has 0 fully saturated rings. The lowest BCUT2D eigenvalue weighted by Gasteiger charge is -2.09. The third-order valence-corrected chi connectivity index (χ3v) is 3.08. The first-order chi connectivity index (χ1) is 7.50. The van der Waals surface area contributed by atoms with E-state index in [4.69, 9.17) is 4.84 Å². The molecule has 90 valence electrons. The molecule has 5 heteroatoms. The van der Waals surface area contributed by atoms with Gasteiger partial charge in [0.15, 0.2) is 0 Å². The Morgan fingerprint density at radius 3 is 2.38 bits per heavy atom. The van der Waals surface area contributed by atoms with Gasteiger partial charge in [-0.05, 0) is 55.5 Å². The standard InChI is InChI=1S/C11H15Br2NO2/c1-7(2)6-16-14-5-8-3-9(12)11(15)10(13)4-8/h3-4,7,14-15H,5-6H2,1-2H3. The molecular formula is C11H15Br2NO2. The maximum absolute atomic E-state index is 9.53. The summed E-state index contributed by atoms with van der Waals surface area (Å²) in [5.74, 6) is 0.720. The highest BCUT2D eigenvalue weighted by molar-refractivity contribution is 9.11. The molecule has 0 aliphatic carbocycles. The minimum Gasteiger partial charge on any atom is -0.506 e. The fourth-order valence-corrected chi connectivity index (χ4v) is 2.36. The van der Waals surface area contributed by atoms with Crippen molar-refractivity contribution in [3.63, 3.8) is 0 Å². The maximum Gasteiger partial charge on any atom is 0.143 e. The third-order valence-electron chi connectivity index (χ3n) is 1.87. The number of hydrogen-bond acceptors (Lipinski definition) is 3. The van der Waals surface area contributed by atoms with Gasteiger partial charge in [-0.3, -0.25) is 0 Å². The normalized spacial score (nSPS) is 11.1. The minimum atomic E-state index is 0.215. The molecule has 3 nitrogen and oxygen atoms in total. The fraction of sp³-hybridized carbons (Fsp3) is 0.455. The van der Waals surface area contributed by atoms with Crippen LogP contribution in [0.2, 0.25) is 0 Å². The summed E-state index contributed by atoms with van der Waals surface area (Å²) in [7, 11) is 0. The highest BCUT2D eigenvalue weighted by Crippen LogP contribution is 2.33. The first kappa shape index (κ1) is 14.0. The molecule has 1 rings (SSSR count). The lowest BCUT2D eigenvalue weighted by atomic mass is 10.2. The van der Waals surface area contributed by atoms with E-state index in [0.29, 0.717) is 28.0 Å². The van der Waals surface area contributed by atoms with Crippen molar-refractivity contribution in [2.45, 2.75) is 20.4 Å². The molecule has 1 aromatic rings. The Balaban J connectivity index is 2.49. The number of hydrogen-bond donors (Lipinski definition) is 2. The van der Waals surface area contributed by atoms with Gasteiger partial charge in [-0.25, -0.2) is 0 Å². The van der Waals surface area contributed by atoms with Crippen LogP contribution in [0.15, 0.2) is 21.1 Å². The Hall–Kier alpha value is -0.100. The summed E-state index contributed by atoms with van der Waals surface area (Å²) in [5.41, 5.74) is 3.91. The van der Waals surface area contributed by atoms with E-state index in [9.17, 15) is 5.11 Å². The van der Waals surface area contributed by atoms with Crippen LogP contribution in [0.5, 0.6) is 5.75 Å². The van der Waals surface area contributed by atoms with E-state index in [-0.39, 0.29) is 5.75 Å². The number of phenolic OH excluding ortho intramolecular Hbond substituents is 1. The van der Waals surface area contributed by atoms with E-state index in [1.54, 1.807) is 0 Å². The molecule has 0 aliphatic rings. The number of benzene rings is 1. The zero-order valence-corrected chi connectivity index (χ0v) is 12.4. The molecule has 0 saturated heterocycles. The summed E-state index contributed by atoms with van der Waals surface area (Å²) in [6.07, 6.45) is 0. The predicted octanol–water partition coefficient (Wildman–Crippen LogP) is 3.59. The molecule has 0 atom stereocenters. The number of halogens is 2. The topological polar surface area (TPSA) is 41.5 Å². The van der Waals surface area contributed by atoms with Crippen molar-refractivity contribution < 1.29 is 9.94 Å². The quantitative estimate of drug-likeness (QED) is 0.628. The van der Waals surface area contributed by atoms with Gasteiger partial charge in [-0.1, -0.05) is 13.8 Å². The van der Waals surface area contributed by atoms with Crippen LogP contribution in [0.4, 0.5) is 0 Å². The number of hydroxylamine groups is 1. The highest BCUT2D eigenvalue weighted by atomic mass is 79.9. The van der Waals surface area contributed by atoms with E-state index < -0.39 is 0 Å². The summed E-state index contributed by atoms with van der Waals surface area (Å²) >= 11 is 6.56. The average Bonchev–Trinajstić information content (AvgIpc) is 2.20. The van der Waals surface area contributed by atoms with Crippen molar-refractivity contribution in [3.8, 4) is 5.75 Å². The number of rotatable bonds is 5. The van der Waals surface area contributed by atoms with Crippen LogP contribution < -0.4 is 5.48 Å². The first-order valence-electron chi connectivity index (χ1n) is 5.02. The van der Waals surface area contributed by atoms with E-state index in [2.05, 4.69) is 51.2 Å². The maximum atomic E-state index is 9.53. The van der Waals surface area contributed by atoms with E-state index in [1.807, 2.05) is 12.1 Å². The largest absolute Gasteiger partial charge is 0.506 e. The van der Waals surface area contributed by atoms with Crippen LogP contribution in [0.1, 0.15) is 19.4 Å². The van der Waals surface area contributed by atoms with Crippen molar-refractivity contribution in [1.82, 2.24) is 5.48 Å². The molecule has 0 saturated carbocycles. The molecule has 1 aromatic carbocycles. The third kappa shape index (κ3) is 4.41. The van der Waals surface area contributed by atoms with Crippen molar-refractivity contribution in [3.05, 3.63) is 26.6 Å². The lowest BCUT2D eigenvalue weighted by Crippen LogP contribution is -2.17. The number of aromatic hydroxyl groups is 1. The monoisotopic (exact) mass is 351 g/mol. The van der Waals surface area contributed by atoms with Crippen molar-refractivity contribution >= 4 is 31.9 Å². The van der Waals surface area contributed by atoms with Gasteiger partial charge < -0.3 is 9.94 Å². The molecule has 0 aromatic heterocycles. The van der Waals surface area contributed by atoms with Gasteiger partial charge in [0, 0.05) is 6.54 Å². The molecular weight excluding hydrogens is 338 g/mol. The molecule has 0 unspecified atom stereocenters.